The lowest BCUT2D eigenvalue weighted by atomic mass is 10.2. The Balaban J connectivity index is 0.00000182. The summed E-state index contributed by atoms with van der Waals surface area (Å²) in [5.74, 6) is 1.65. The molecule has 0 saturated heterocycles. The minimum atomic E-state index is 0. The van der Waals surface area contributed by atoms with Gasteiger partial charge in [0.15, 0.2) is 0 Å². The van der Waals surface area contributed by atoms with Crippen molar-refractivity contribution in [2.45, 2.75) is 6.61 Å². The maximum absolute atomic E-state index is 5.78. The molecule has 0 aliphatic heterocycles. The normalized spacial score (nSPS) is 10.2. The molecule has 0 spiro atoms. The van der Waals surface area contributed by atoms with Crippen molar-refractivity contribution in [1.82, 2.24) is 9.97 Å². The molecule has 6 heteroatoms. The van der Waals surface area contributed by atoms with Gasteiger partial charge in [-0.1, -0.05) is 18.2 Å². The molecule has 0 aliphatic carbocycles. The van der Waals surface area contributed by atoms with Crippen LogP contribution in [0.15, 0.2) is 72.4 Å². The highest BCUT2D eigenvalue weighted by molar-refractivity contribution is 7.09. The van der Waals surface area contributed by atoms with Crippen LogP contribution < -0.4 is 10.1 Å². The molecule has 4 rings (SSSR count). The fourth-order valence-electron chi connectivity index (χ4n) is 2.42. The van der Waals surface area contributed by atoms with Crippen LogP contribution in [-0.4, -0.2) is 9.97 Å². The van der Waals surface area contributed by atoms with Gasteiger partial charge in [-0.05, 0) is 47.8 Å². The van der Waals surface area contributed by atoms with Gasteiger partial charge in [-0.2, -0.15) is 0 Å². The number of aromatic nitrogens is 2. The van der Waals surface area contributed by atoms with Gasteiger partial charge in [-0.25, -0.2) is 9.97 Å². The topological polar surface area (TPSA) is 47.0 Å². The van der Waals surface area contributed by atoms with E-state index < -0.39 is 0 Å². The summed E-state index contributed by atoms with van der Waals surface area (Å²) in [6.45, 7) is 0.598. The first-order chi connectivity index (χ1) is 11.9. The molecule has 4 aromatic rings. The van der Waals surface area contributed by atoms with Crippen molar-refractivity contribution in [3.05, 3.63) is 77.2 Å². The zero-order valence-electron chi connectivity index (χ0n) is 13.3. The maximum atomic E-state index is 5.78. The van der Waals surface area contributed by atoms with E-state index >= 15 is 0 Å². The number of thiophene rings is 1. The van der Waals surface area contributed by atoms with Gasteiger partial charge in [0, 0.05) is 16.0 Å². The zero-order chi connectivity index (χ0) is 16.2. The molecular weight excluding hydrogens is 354 g/mol. The lowest BCUT2D eigenvalue weighted by Crippen LogP contribution is -1.96. The van der Waals surface area contributed by atoms with Crippen molar-refractivity contribution in [2.24, 2.45) is 0 Å². The molecule has 4 nitrogen and oxygen atoms in total. The molecular formula is C19H16ClN3OS. The van der Waals surface area contributed by atoms with Crippen molar-refractivity contribution in [1.29, 1.82) is 0 Å². The summed E-state index contributed by atoms with van der Waals surface area (Å²) in [7, 11) is 0. The largest absolute Gasteiger partial charge is 0.488 e. The van der Waals surface area contributed by atoms with Crippen LogP contribution in [0.5, 0.6) is 5.75 Å². The first-order valence-electron chi connectivity index (χ1n) is 7.60. The third kappa shape index (κ3) is 4.07. The molecule has 0 radical (unpaired) electrons. The van der Waals surface area contributed by atoms with E-state index in [0.717, 1.165) is 28.2 Å². The molecule has 1 N–H and O–H groups in total. The Morgan fingerprint density at radius 2 is 1.76 bits per heavy atom. The molecule has 0 aliphatic rings. The summed E-state index contributed by atoms with van der Waals surface area (Å²) in [6.07, 6.45) is 1.57. The molecule has 25 heavy (non-hydrogen) atoms. The first kappa shape index (κ1) is 17.2. The molecule has 0 bridgehead atoms. The highest BCUT2D eigenvalue weighted by Crippen LogP contribution is 2.24. The van der Waals surface area contributed by atoms with E-state index in [1.54, 1.807) is 17.7 Å². The van der Waals surface area contributed by atoms with Crippen LogP contribution in [0.2, 0.25) is 0 Å². The second kappa shape index (κ2) is 7.96. The monoisotopic (exact) mass is 369 g/mol. The number of ether oxygens (including phenoxy) is 1. The van der Waals surface area contributed by atoms with E-state index in [4.69, 9.17) is 4.74 Å². The molecule has 2 aromatic heterocycles. The molecule has 0 fully saturated rings. The number of hydrogen-bond acceptors (Lipinski definition) is 5. The van der Waals surface area contributed by atoms with Crippen LogP contribution in [-0.2, 0) is 6.61 Å². The fourth-order valence-corrected chi connectivity index (χ4v) is 3.04. The summed E-state index contributed by atoms with van der Waals surface area (Å²) in [5, 5.41) is 6.39. The van der Waals surface area contributed by atoms with Crippen molar-refractivity contribution >= 4 is 46.2 Å². The third-order valence-electron chi connectivity index (χ3n) is 3.62. The van der Waals surface area contributed by atoms with E-state index in [9.17, 15) is 0 Å². The number of fused-ring (bicyclic) bond motifs is 1. The SMILES string of the molecule is Cl.c1csc(COc2ccc(Nc3ncnc4ccccc34)cc2)c1. The van der Waals surface area contributed by atoms with E-state index in [0.29, 0.717) is 6.61 Å². The third-order valence-corrected chi connectivity index (χ3v) is 4.47. The number of rotatable bonds is 5. The molecule has 126 valence electrons. The van der Waals surface area contributed by atoms with Gasteiger partial charge in [-0.3, -0.25) is 0 Å². The van der Waals surface area contributed by atoms with Gasteiger partial charge in [0.05, 0.1) is 5.52 Å². The molecule has 0 unspecified atom stereocenters. The van der Waals surface area contributed by atoms with Crippen LogP contribution in [0.4, 0.5) is 11.5 Å². The van der Waals surface area contributed by atoms with Crippen molar-refractivity contribution < 1.29 is 4.74 Å². The van der Waals surface area contributed by atoms with Crippen LogP contribution >= 0.6 is 23.7 Å². The lowest BCUT2D eigenvalue weighted by molar-refractivity contribution is 0.310. The summed E-state index contributed by atoms with van der Waals surface area (Å²) in [5.41, 5.74) is 1.88. The lowest BCUT2D eigenvalue weighted by Gasteiger charge is -2.09. The average Bonchev–Trinajstić information content (AvgIpc) is 3.15. The Bertz CT molecular complexity index is 937. The summed E-state index contributed by atoms with van der Waals surface area (Å²) in [6, 6.07) is 19.9. The van der Waals surface area contributed by atoms with E-state index in [1.165, 1.54) is 4.88 Å². The van der Waals surface area contributed by atoms with Crippen LogP contribution in [0.3, 0.4) is 0 Å². The standard InChI is InChI=1S/C19H15N3OS.ClH/c1-2-6-18-17(5-1)19(21-13-20-18)22-14-7-9-15(10-8-14)23-12-16-4-3-11-24-16;/h1-11,13H,12H2,(H,20,21,22);1H. The van der Waals surface area contributed by atoms with Crippen LogP contribution in [0.25, 0.3) is 10.9 Å². The number of nitrogens with zero attached hydrogens (tertiary/aromatic N) is 2. The predicted molar refractivity (Wildman–Crippen MR) is 105 cm³/mol. The Hall–Kier alpha value is -2.63. The van der Waals surface area contributed by atoms with E-state index in [1.807, 2.05) is 54.6 Å². The second-order valence-corrected chi connectivity index (χ2v) is 6.29. The highest BCUT2D eigenvalue weighted by atomic mass is 35.5. The Morgan fingerprint density at radius 1 is 0.920 bits per heavy atom. The van der Waals surface area contributed by atoms with E-state index in [2.05, 4.69) is 26.7 Å². The molecule has 0 atom stereocenters. The van der Waals surface area contributed by atoms with E-state index in [-0.39, 0.29) is 12.4 Å². The fraction of sp³-hybridized carbons (Fsp3) is 0.0526. The number of benzene rings is 2. The van der Waals surface area contributed by atoms with Gasteiger partial charge >= 0.3 is 0 Å². The predicted octanol–water partition coefficient (Wildman–Crippen LogP) is 5.44. The number of anilines is 2. The summed E-state index contributed by atoms with van der Waals surface area (Å²) < 4.78 is 5.78. The molecule has 0 saturated carbocycles. The van der Waals surface area contributed by atoms with Gasteiger partial charge < -0.3 is 10.1 Å². The number of halogens is 1. The Morgan fingerprint density at radius 3 is 2.56 bits per heavy atom. The molecule has 2 heterocycles. The summed E-state index contributed by atoms with van der Waals surface area (Å²) in [4.78, 5) is 9.83. The Kier molecular flexibility index (Phi) is 5.48. The quantitative estimate of drug-likeness (QED) is 0.509. The van der Waals surface area contributed by atoms with Gasteiger partial charge in [0.25, 0.3) is 0 Å². The van der Waals surface area contributed by atoms with Gasteiger partial charge in [0.1, 0.15) is 24.5 Å². The van der Waals surface area contributed by atoms with Crippen LogP contribution in [0.1, 0.15) is 4.88 Å². The van der Waals surface area contributed by atoms with Gasteiger partial charge in [-0.15, -0.1) is 23.7 Å². The van der Waals surface area contributed by atoms with Crippen molar-refractivity contribution in [3.8, 4) is 5.75 Å². The minimum Gasteiger partial charge on any atom is -0.488 e. The smallest absolute Gasteiger partial charge is 0.141 e. The van der Waals surface area contributed by atoms with Crippen molar-refractivity contribution in [2.75, 3.05) is 5.32 Å². The van der Waals surface area contributed by atoms with Crippen molar-refractivity contribution in [3.63, 3.8) is 0 Å². The minimum absolute atomic E-state index is 0. The Labute approximate surface area is 155 Å². The zero-order valence-corrected chi connectivity index (χ0v) is 14.9. The van der Waals surface area contributed by atoms with Gasteiger partial charge in [0.2, 0.25) is 0 Å². The average molecular weight is 370 g/mol. The maximum Gasteiger partial charge on any atom is 0.141 e. The first-order valence-corrected chi connectivity index (χ1v) is 8.48. The molecule has 2 aromatic carbocycles. The molecule has 0 amide bonds. The number of hydrogen-bond donors (Lipinski definition) is 1. The summed E-state index contributed by atoms with van der Waals surface area (Å²) >= 11 is 1.70. The number of para-hydroxylation sites is 1. The van der Waals surface area contributed by atoms with Crippen LogP contribution in [0, 0.1) is 0 Å². The second-order valence-electron chi connectivity index (χ2n) is 5.26. The highest BCUT2D eigenvalue weighted by Gasteiger charge is 2.04. The number of nitrogens with one attached hydrogen (secondary N) is 1.